The van der Waals surface area contributed by atoms with E-state index >= 15 is 0 Å². The van der Waals surface area contributed by atoms with Gasteiger partial charge in [-0.15, -0.1) is 0 Å². The molecule has 1 amide bonds. The van der Waals surface area contributed by atoms with Crippen molar-refractivity contribution in [2.24, 2.45) is 0 Å². The summed E-state index contributed by atoms with van der Waals surface area (Å²) in [6.45, 7) is 5.37. The Morgan fingerprint density at radius 2 is 1.95 bits per heavy atom. The number of nitrogens with one attached hydrogen (secondary N) is 1. The van der Waals surface area contributed by atoms with Crippen LogP contribution < -0.4 is 11.1 Å². The fourth-order valence-corrected chi connectivity index (χ4v) is 1.45. The summed E-state index contributed by atoms with van der Waals surface area (Å²) < 4.78 is 5.12. The first-order chi connectivity index (χ1) is 8.76. The van der Waals surface area contributed by atoms with E-state index in [2.05, 4.69) is 5.32 Å². The van der Waals surface area contributed by atoms with E-state index in [1.165, 1.54) is 0 Å². The molecule has 0 fully saturated rings. The number of carbonyl (C=O) groups excluding carboxylic acids is 2. The third kappa shape index (κ3) is 6.45. The molecule has 5 heteroatoms. The maximum absolute atomic E-state index is 11.6. The maximum Gasteiger partial charge on any atom is 0.306 e. The highest BCUT2D eigenvalue weighted by atomic mass is 16.6. The summed E-state index contributed by atoms with van der Waals surface area (Å²) in [5.74, 6) is -0.619. The molecule has 0 aliphatic carbocycles. The van der Waals surface area contributed by atoms with Gasteiger partial charge in [0.05, 0.1) is 6.42 Å². The molecule has 0 saturated heterocycles. The van der Waals surface area contributed by atoms with Crippen LogP contribution in [0.3, 0.4) is 0 Å². The Hall–Kier alpha value is -2.04. The van der Waals surface area contributed by atoms with Gasteiger partial charge >= 0.3 is 5.97 Å². The summed E-state index contributed by atoms with van der Waals surface area (Å²) in [6, 6.07) is 6.88. The molecule has 3 N–H and O–H groups in total. The number of esters is 1. The van der Waals surface area contributed by atoms with Crippen molar-refractivity contribution in [1.82, 2.24) is 0 Å². The van der Waals surface area contributed by atoms with Crippen molar-refractivity contribution in [2.75, 3.05) is 11.1 Å². The molecular weight excluding hydrogens is 244 g/mol. The van der Waals surface area contributed by atoms with Gasteiger partial charge in [0, 0.05) is 17.8 Å². The standard InChI is InChI=1S/C14H20N2O3/c1-14(2,3)19-13(18)8-7-12(17)16-11-6-4-5-10(15)9-11/h4-6,9H,7-8,15H2,1-3H3,(H,16,17). The van der Waals surface area contributed by atoms with Crippen LogP contribution in [0, 0.1) is 0 Å². The van der Waals surface area contributed by atoms with E-state index in [-0.39, 0.29) is 24.7 Å². The predicted octanol–water partition coefficient (Wildman–Crippen LogP) is 2.33. The van der Waals surface area contributed by atoms with E-state index in [9.17, 15) is 9.59 Å². The average molecular weight is 264 g/mol. The van der Waals surface area contributed by atoms with Crippen LogP contribution in [-0.4, -0.2) is 17.5 Å². The molecule has 104 valence electrons. The number of ether oxygens (including phenoxy) is 1. The number of rotatable bonds is 4. The lowest BCUT2D eigenvalue weighted by Gasteiger charge is -2.19. The van der Waals surface area contributed by atoms with E-state index in [4.69, 9.17) is 10.5 Å². The summed E-state index contributed by atoms with van der Waals surface area (Å²) in [5.41, 5.74) is 6.27. The van der Waals surface area contributed by atoms with Gasteiger partial charge in [-0.2, -0.15) is 0 Å². The smallest absolute Gasteiger partial charge is 0.306 e. The monoisotopic (exact) mass is 264 g/mol. The molecule has 1 aromatic rings. The van der Waals surface area contributed by atoms with Crippen LogP contribution in [0.2, 0.25) is 0 Å². The highest BCUT2D eigenvalue weighted by Gasteiger charge is 2.17. The molecule has 0 saturated carbocycles. The van der Waals surface area contributed by atoms with Gasteiger partial charge in [0.15, 0.2) is 0 Å². The van der Waals surface area contributed by atoms with Crippen LogP contribution in [-0.2, 0) is 14.3 Å². The van der Waals surface area contributed by atoms with Crippen molar-refractivity contribution < 1.29 is 14.3 Å². The van der Waals surface area contributed by atoms with Crippen molar-refractivity contribution in [2.45, 2.75) is 39.2 Å². The Kier molecular flexibility index (Phi) is 4.92. The third-order valence-corrected chi connectivity index (χ3v) is 2.15. The second kappa shape index (κ2) is 6.22. The van der Waals surface area contributed by atoms with Gasteiger partial charge in [0.25, 0.3) is 0 Å². The zero-order chi connectivity index (χ0) is 14.5. The number of amides is 1. The Morgan fingerprint density at radius 3 is 2.53 bits per heavy atom. The number of benzene rings is 1. The van der Waals surface area contributed by atoms with Gasteiger partial charge in [0.1, 0.15) is 5.60 Å². The first-order valence-electron chi connectivity index (χ1n) is 6.13. The first kappa shape index (κ1) is 15.0. The molecule has 0 aliphatic heterocycles. The van der Waals surface area contributed by atoms with Crippen molar-refractivity contribution in [3.05, 3.63) is 24.3 Å². The molecule has 0 heterocycles. The van der Waals surface area contributed by atoms with E-state index in [1.54, 1.807) is 45.0 Å². The number of hydrogen-bond acceptors (Lipinski definition) is 4. The minimum absolute atomic E-state index is 0.0609. The quantitative estimate of drug-likeness (QED) is 0.646. The van der Waals surface area contributed by atoms with Crippen LogP contribution in [0.25, 0.3) is 0 Å². The molecule has 1 rings (SSSR count). The van der Waals surface area contributed by atoms with Crippen LogP contribution in [0.15, 0.2) is 24.3 Å². The Morgan fingerprint density at radius 1 is 1.26 bits per heavy atom. The lowest BCUT2D eigenvalue weighted by atomic mass is 10.2. The molecule has 0 radical (unpaired) electrons. The van der Waals surface area contributed by atoms with Crippen LogP contribution >= 0.6 is 0 Å². The van der Waals surface area contributed by atoms with Crippen molar-refractivity contribution in [1.29, 1.82) is 0 Å². The van der Waals surface area contributed by atoms with Crippen molar-refractivity contribution in [3.63, 3.8) is 0 Å². The van der Waals surface area contributed by atoms with Gasteiger partial charge in [-0.25, -0.2) is 0 Å². The molecule has 0 aromatic heterocycles. The highest BCUT2D eigenvalue weighted by molar-refractivity contribution is 5.92. The largest absolute Gasteiger partial charge is 0.460 e. The second-order valence-electron chi connectivity index (χ2n) is 5.26. The molecule has 0 unspecified atom stereocenters. The van der Waals surface area contributed by atoms with E-state index in [0.29, 0.717) is 11.4 Å². The SMILES string of the molecule is CC(C)(C)OC(=O)CCC(=O)Nc1cccc(N)c1. The average Bonchev–Trinajstić information content (AvgIpc) is 2.24. The Balaban J connectivity index is 2.38. The highest BCUT2D eigenvalue weighted by Crippen LogP contribution is 2.13. The van der Waals surface area contributed by atoms with E-state index < -0.39 is 5.60 Å². The molecule has 1 aromatic carbocycles. The number of nitrogens with two attached hydrogens (primary N) is 1. The van der Waals surface area contributed by atoms with Gasteiger partial charge < -0.3 is 15.8 Å². The zero-order valence-corrected chi connectivity index (χ0v) is 11.5. The number of anilines is 2. The molecule has 19 heavy (non-hydrogen) atoms. The van der Waals surface area contributed by atoms with Crippen LogP contribution in [0.5, 0.6) is 0 Å². The fraction of sp³-hybridized carbons (Fsp3) is 0.429. The lowest BCUT2D eigenvalue weighted by molar-refractivity contribution is -0.155. The molecular formula is C14H20N2O3. The van der Waals surface area contributed by atoms with Gasteiger partial charge in [0.2, 0.25) is 5.91 Å². The molecule has 0 aliphatic rings. The third-order valence-electron chi connectivity index (χ3n) is 2.15. The fourth-order valence-electron chi connectivity index (χ4n) is 1.45. The summed E-state index contributed by atoms with van der Waals surface area (Å²) in [5, 5.41) is 2.67. The van der Waals surface area contributed by atoms with Crippen LogP contribution in [0.1, 0.15) is 33.6 Å². The van der Waals surface area contributed by atoms with Crippen LogP contribution in [0.4, 0.5) is 11.4 Å². The van der Waals surface area contributed by atoms with E-state index in [0.717, 1.165) is 0 Å². The summed E-state index contributed by atoms with van der Waals surface area (Å²) in [4.78, 5) is 23.1. The lowest BCUT2D eigenvalue weighted by Crippen LogP contribution is -2.24. The number of carbonyl (C=O) groups is 2. The molecule has 0 bridgehead atoms. The van der Waals surface area contributed by atoms with Gasteiger partial charge in [-0.1, -0.05) is 6.07 Å². The summed E-state index contributed by atoms with van der Waals surface area (Å²) >= 11 is 0. The Labute approximate surface area is 113 Å². The number of nitrogen functional groups attached to an aromatic ring is 1. The Bertz CT molecular complexity index is 464. The minimum Gasteiger partial charge on any atom is -0.460 e. The normalized spacial score (nSPS) is 10.9. The maximum atomic E-state index is 11.6. The van der Waals surface area contributed by atoms with Crippen molar-refractivity contribution in [3.8, 4) is 0 Å². The van der Waals surface area contributed by atoms with Gasteiger partial charge in [-0.05, 0) is 39.0 Å². The summed E-state index contributed by atoms with van der Waals surface area (Å²) in [6.07, 6.45) is 0.148. The molecule has 0 atom stereocenters. The predicted molar refractivity (Wildman–Crippen MR) is 74.6 cm³/mol. The molecule has 5 nitrogen and oxygen atoms in total. The zero-order valence-electron chi connectivity index (χ0n) is 11.5. The first-order valence-corrected chi connectivity index (χ1v) is 6.13. The van der Waals surface area contributed by atoms with Gasteiger partial charge in [-0.3, -0.25) is 9.59 Å². The molecule has 0 spiro atoms. The summed E-state index contributed by atoms with van der Waals surface area (Å²) in [7, 11) is 0. The van der Waals surface area contributed by atoms with E-state index in [1.807, 2.05) is 0 Å². The topological polar surface area (TPSA) is 81.4 Å². The van der Waals surface area contributed by atoms with Crippen molar-refractivity contribution >= 4 is 23.3 Å². The second-order valence-corrected chi connectivity index (χ2v) is 5.26. The number of hydrogen-bond donors (Lipinski definition) is 2. The minimum atomic E-state index is -0.526.